The van der Waals surface area contributed by atoms with Gasteiger partial charge in [-0.3, -0.25) is 14.4 Å². The van der Waals surface area contributed by atoms with Crippen molar-refractivity contribution in [3.8, 4) is 0 Å². The first-order valence-electron chi connectivity index (χ1n) is 9.13. The first kappa shape index (κ1) is 21.1. The Morgan fingerprint density at radius 3 is 0.792 bits per heavy atom. The monoisotopic (exact) mass is 336 g/mol. The number of hydrogen-bond acceptors (Lipinski definition) is 3. The molecule has 0 spiro atoms. The number of hydrogen-bond donors (Lipinski definition) is 0. The third-order valence-electron chi connectivity index (χ3n) is 4.51. The summed E-state index contributed by atoms with van der Waals surface area (Å²) in [4.78, 5) is 38.9. The van der Waals surface area contributed by atoms with Crippen LogP contribution in [0.1, 0.15) is 81.6 Å². The van der Waals surface area contributed by atoms with Gasteiger partial charge >= 0.3 is 0 Å². The Labute approximate surface area is 148 Å². The van der Waals surface area contributed by atoms with Crippen LogP contribution < -0.4 is 0 Å². The zero-order valence-corrected chi connectivity index (χ0v) is 17.1. The summed E-state index contributed by atoms with van der Waals surface area (Å²) in [6, 6.07) is 0. The van der Waals surface area contributed by atoms with Gasteiger partial charge in [-0.1, -0.05) is 62.3 Å². The molecule has 0 radical (unpaired) electrons. The summed E-state index contributed by atoms with van der Waals surface area (Å²) in [6.45, 7) is 18.4. The van der Waals surface area contributed by atoms with Crippen molar-refractivity contribution in [2.75, 3.05) is 0 Å². The molecule has 138 valence electrons. The first-order valence-corrected chi connectivity index (χ1v) is 9.13. The van der Waals surface area contributed by atoms with Crippen LogP contribution in [0.15, 0.2) is 0 Å². The van der Waals surface area contributed by atoms with Gasteiger partial charge in [-0.05, 0) is 35.5 Å². The highest BCUT2D eigenvalue weighted by Crippen LogP contribution is 2.41. The second kappa shape index (κ2) is 6.72. The molecule has 24 heavy (non-hydrogen) atoms. The summed E-state index contributed by atoms with van der Waals surface area (Å²) in [5.41, 5.74) is -0.348. The lowest BCUT2D eigenvalue weighted by Gasteiger charge is -2.38. The van der Waals surface area contributed by atoms with Crippen LogP contribution >= 0.6 is 0 Å². The van der Waals surface area contributed by atoms with E-state index in [0.29, 0.717) is 19.3 Å². The summed E-state index contributed by atoms with van der Waals surface area (Å²) in [6.07, 6.45) is 1.58. The summed E-state index contributed by atoms with van der Waals surface area (Å²) < 4.78 is 0. The molecule has 0 amide bonds. The molecular formula is C21H36O3. The minimum atomic E-state index is -0.623. The lowest BCUT2D eigenvalue weighted by molar-refractivity contribution is -0.153. The fourth-order valence-corrected chi connectivity index (χ4v) is 3.59. The van der Waals surface area contributed by atoms with Crippen LogP contribution in [0.3, 0.4) is 0 Å². The molecule has 1 aliphatic carbocycles. The number of Topliss-reactive ketones (excluding diaryl/α,β-unsaturated/α-hetero) is 3. The molecule has 0 unspecified atom stereocenters. The van der Waals surface area contributed by atoms with Gasteiger partial charge in [0.15, 0.2) is 17.3 Å². The Morgan fingerprint density at radius 1 is 0.500 bits per heavy atom. The van der Waals surface area contributed by atoms with Gasteiger partial charge in [0.05, 0.1) is 17.8 Å². The third kappa shape index (κ3) is 5.82. The second-order valence-corrected chi connectivity index (χ2v) is 11.2. The lowest BCUT2D eigenvalue weighted by Crippen LogP contribution is -2.50. The molecule has 1 rings (SSSR count). The molecule has 0 heterocycles. The lowest BCUT2D eigenvalue weighted by atomic mass is 9.62. The summed E-state index contributed by atoms with van der Waals surface area (Å²) in [7, 11) is 0. The van der Waals surface area contributed by atoms with Gasteiger partial charge in [-0.15, -0.1) is 0 Å². The van der Waals surface area contributed by atoms with E-state index in [9.17, 15) is 14.4 Å². The van der Waals surface area contributed by atoms with Gasteiger partial charge < -0.3 is 0 Å². The molecule has 0 bridgehead atoms. The third-order valence-corrected chi connectivity index (χ3v) is 4.51. The Bertz CT molecular complexity index is 415. The van der Waals surface area contributed by atoms with Crippen LogP contribution in [-0.4, -0.2) is 17.3 Å². The molecule has 1 saturated carbocycles. The average molecular weight is 337 g/mol. The molecule has 0 aromatic rings. The molecule has 0 aromatic carbocycles. The highest BCUT2D eigenvalue weighted by atomic mass is 16.2. The molecule has 0 atom stereocenters. The van der Waals surface area contributed by atoms with Crippen molar-refractivity contribution in [2.45, 2.75) is 81.6 Å². The molecule has 0 N–H and O–H groups in total. The predicted octanol–water partition coefficient (Wildman–Crippen LogP) is 4.86. The molecule has 3 heteroatoms. The average Bonchev–Trinajstić information content (AvgIpc) is 2.32. The minimum Gasteiger partial charge on any atom is -0.298 e. The first-order chi connectivity index (χ1) is 10.5. The Balaban J connectivity index is 3.24. The van der Waals surface area contributed by atoms with Crippen LogP contribution in [0.4, 0.5) is 0 Å². The van der Waals surface area contributed by atoms with Crippen LogP contribution in [-0.2, 0) is 14.4 Å². The van der Waals surface area contributed by atoms with Crippen molar-refractivity contribution in [1.29, 1.82) is 0 Å². The van der Waals surface area contributed by atoms with E-state index in [1.54, 1.807) is 0 Å². The summed E-state index contributed by atoms with van der Waals surface area (Å²) >= 11 is 0. The van der Waals surface area contributed by atoms with E-state index in [0.717, 1.165) is 0 Å². The van der Waals surface area contributed by atoms with E-state index >= 15 is 0 Å². The molecule has 0 aliphatic heterocycles. The van der Waals surface area contributed by atoms with Crippen molar-refractivity contribution in [1.82, 2.24) is 0 Å². The standard InChI is InChI=1S/C21H36O3/c1-19(2,3)10-13-16(22)14(11-20(4,5)6)18(24)15(17(13)23)12-21(7,8)9/h13-15H,10-12H2,1-9H3. The zero-order valence-electron chi connectivity index (χ0n) is 17.1. The summed E-state index contributed by atoms with van der Waals surface area (Å²) in [5.74, 6) is -2.28. The topological polar surface area (TPSA) is 51.2 Å². The van der Waals surface area contributed by atoms with Crippen molar-refractivity contribution >= 4 is 17.3 Å². The van der Waals surface area contributed by atoms with Crippen molar-refractivity contribution in [3.05, 3.63) is 0 Å². The van der Waals surface area contributed by atoms with E-state index in [1.807, 2.05) is 62.3 Å². The molecule has 3 nitrogen and oxygen atoms in total. The quantitative estimate of drug-likeness (QED) is 0.691. The van der Waals surface area contributed by atoms with Crippen LogP contribution in [0.2, 0.25) is 0 Å². The number of carbonyl (C=O) groups excluding carboxylic acids is 3. The fourth-order valence-electron chi connectivity index (χ4n) is 3.59. The van der Waals surface area contributed by atoms with Crippen LogP contribution in [0.25, 0.3) is 0 Å². The van der Waals surface area contributed by atoms with Crippen molar-refractivity contribution < 1.29 is 14.4 Å². The Kier molecular flexibility index (Phi) is 5.90. The Morgan fingerprint density at radius 2 is 0.667 bits per heavy atom. The van der Waals surface area contributed by atoms with Gasteiger partial charge in [0.2, 0.25) is 0 Å². The predicted molar refractivity (Wildman–Crippen MR) is 97.7 cm³/mol. The highest BCUT2D eigenvalue weighted by molar-refractivity contribution is 6.23. The minimum absolute atomic E-state index is 0.116. The smallest absolute Gasteiger partial charge is 0.153 e. The largest absolute Gasteiger partial charge is 0.298 e. The van der Waals surface area contributed by atoms with Gasteiger partial charge in [0.25, 0.3) is 0 Å². The van der Waals surface area contributed by atoms with E-state index in [-0.39, 0.29) is 33.6 Å². The maximum atomic E-state index is 13.0. The normalized spacial score (nSPS) is 26.9. The van der Waals surface area contributed by atoms with Gasteiger partial charge in [0, 0.05) is 0 Å². The maximum Gasteiger partial charge on any atom is 0.153 e. The number of rotatable bonds is 3. The fraction of sp³-hybridized carbons (Fsp3) is 0.857. The summed E-state index contributed by atoms with van der Waals surface area (Å²) in [5, 5.41) is 0. The molecular weight excluding hydrogens is 300 g/mol. The van der Waals surface area contributed by atoms with Crippen LogP contribution in [0, 0.1) is 34.0 Å². The number of ketones is 3. The van der Waals surface area contributed by atoms with Gasteiger partial charge in [-0.25, -0.2) is 0 Å². The zero-order chi connectivity index (χ0) is 19.1. The van der Waals surface area contributed by atoms with Crippen molar-refractivity contribution in [3.63, 3.8) is 0 Å². The van der Waals surface area contributed by atoms with E-state index in [2.05, 4.69) is 0 Å². The highest BCUT2D eigenvalue weighted by Gasteiger charge is 2.50. The van der Waals surface area contributed by atoms with Gasteiger partial charge in [-0.2, -0.15) is 0 Å². The molecule has 0 aromatic heterocycles. The van der Waals surface area contributed by atoms with Gasteiger partial charge in [0.1, 0.15) is 0 Å². The number of carbonyl (C=O) groups is 3. The second-order valence-electron chi connectivity index (χ2n) is 11.2. The maximum absolute atomic E-state index is 13.0. The molecule has 0 saturated heterocycles. The van der Waals surface area contributed by atoms with Crippen LogP contribution in [0.5, 0.6) is 0 Å². The molecule has 1 aliphatic rings. The SMILES string of the molecule is CC(C)(C)CC1C(=O)C(CC(C)(C)C)C(=O)C(CC(C)(C)C)C1=O. The van der Waals surface area contributed by atoms with Crippen molar-refractivity contribution in [2.24, 2.45) is 34.0 Å². The van der Waals surface area contributed by atoms with E-state index in [4.69, 9.17) is 0 Å². The Hall–Kier alpha value is -0.990. The van der Waals surface area contributed by atoms with E-state index in [1.165, 1.54) is 0 Å². The molecule has 1 fully saturated rings. The van der Waals surface area contributed by atoms with E-state index < -0.39 is 17.8 Å².